The van der Waals surface area contributed by atoms with E-state index in [0.29, 0.717) is 25.6 Å². The topological polar surface area (TPSA) is 70.5 Å². The number of nitrogens with zero attached hydrogens (tertiary/aromatic N) is 4. The maximum atomic E-state index is 12.6. The molecule has 1 aromatic rings. The quantitative estimate of drug-likeness (QED) is 0.813. The number of carbonyl (C=O) groups is 2. The molecule has 2 heterocycles. The molecule has 0 bridgehead atoms. The van der Waals surface area contributed by atoms with Crippen molar-refractivity contribution >= 4 is 11.8 Å². The lowest BCUT2D eigenvalue weighted by Gasteiger charge is -2.37. The lowest BCUT2D eigenvalue weighted by molar-refractivity contribution is -0.134. The fourth-order valence-corrected chi connectivity index (χ4v) is 3.64. The summed E-state index contributed by atoms with van der Waals surface area (Å²) in [4.78, 5) is 28.9. The van der Waals surface area contributed by atoms with Gasteiger partial charge in [0.2, 0.25) is 11.8 Å². The normalized spacial score (nSPS) is 19.5. The molecule has 7 heteroatoms. The van der Waals surface area contributed by atoms with Crippen molar-refractivity contribution in [3.05, 3.63) is 17.0 Å². The molecule has 0 unspecified atom stereocenters. The molecule has 26 heavy (non-hydrogen) atoms. The Bertz CT molecular complexity index is 672. The Hall–Kier alpha value is -1.89. The summed E-state index contributed by atoms with van der Waals surface area (Å²) < 4.78 is 1.88. The molecule has 1 saturated carbocycles. The number of piperazine rings is 1. The third-order valence-electron chi connectivity index (χ3n) is 5.77. The molecule has 3 rings (SSSR count). The van der Waals surface area contributed by atoms with E-state index in [1.807, 2.05) is 37.4 Å². The van der Waals surface area contributed by atoms with Crippen molar-refractivity contribution in [2.24, 2.45) is 7.05 Å². The Kier molecular flexibility index (Phi) is 5.65. The lowest BCUT2D eigenvalue weighted by Crippen LogP contribution is -2.55. The zero-order valence-electron chi connectivity index (χ0n) is 16.4. The molecule has 2 amide bonds. The first-order valence-electron chi connectivity index (χ1n) is 9.68. The average molecular weight is 361 g/mol. The molecule has 0 radical (unpaired) electrons. The molecule has 7 nitrogen and oxygen atoms in total. The monoisotopic (exact) mass is 361 g/mol. The first kappa shape index (κ1) is 18.9. The van der Waals surface area contributed by atoms with E-state index in [2.05, 4.69) is 15.3 Å². The fourth-order valence-electron chi connectivity index (χ4n) is 3.64. The number of rotatable bonds is 6. The van der Waals surface area contributed by atoms with E-state index in [1.54, 1.807) is 0 Å². The molecule has 2 fully saturated rings. The van der Waals surface area contributed by atoms with Gasteiger partial charge >= 0.3 is 0 Å². The van der Waals surface area contributed by atoms with Crippen molar-refractivity contribution in [3.8, 4) is 0 Å². The summed E-state index contributed by atoms with van der Waals surface area (Å²) in [5.41, 5.74) is 3.33. The van der Waals surface area contributed by atoms with E-state index >= 15 is 0 Å². The van der Waals surface area contributed by atoms with E-state index < -0.39 is 0 Å². The van der Waals surface area contributed by atoms with Gasteiger partial charge in [-0.15, -0.1) is 0 Å². The van der Waals surface area contributed by atoms with E-state index in [0.717, 1.165) is 43.7 Å². The molecule has 1 aliphatic carbocycles. The zero-order chi connectivity index (χ0) is 18.8. The number of aromatic nitrogens is 2. The van der Waals surface area contributed by atoms with Crippen molar-refractivity contribution in [2.45, 2.75) is 58.5 Å². The van der Waals surface area contributed by atoms with Crippen LogP contribution in [0.4, 0.5) is 0 Å². The van der Waals surface area contributed by atoms with Crippen molar-refractivity contribution < 1.29 is 9.59 Å². The highest BCUT2D eigenvalue weighted by Crippen LogP contribution is 2.19. The van der Waals surface area contributed by atoms with Crippen molar-refractivity contribution in [1.29, 1.82) is 0 Å². The van der Waals surface area contributed by atoms with Gasteiger partial charge in [-0.3, -0.25) is 19.2 Å². The third-order valence-corrected chi connectivity index (χ3v) is 5.77. The van der Waals surface area contributed by atoms with Crippen LogP contribution >= 0.6 is 0 Å². The minimum atomic E-state index is -0.117. The number of hydrogen-bond donors (Lipinski definition) is 1. The van der Waals surface area contributed by atoms with Crippen molar-refractivity contribution in [2.75, 3.05) is 26.2 Å². The fraction of sp³-hybridized carbons (Fsp3) is 0.737. The van der Waals surface area contributed by atoms with E-state index in [4.69, 9.17) is 0 Å². The second kappa shape index (κ2) is 7.78. The summed E-state index contributed by atoms with van der Waals surface area (Å²) >= 11 is 0. The summed E-state index contributed by atoms with van der Waals surface area (Å²) in [5, 5.41) is 7.49. The standard InChI is InChI=1S/C19H31N5O2/c1-13-17(14(2)22(4)21-13)7-8-18(25)24-11-9-23(10-12-24)15(3)19(26)20-16-5-6-16/h15-16H,5-12H2,1-4H3,(H,20,26)/t15-/m0/s1. The number of aryl methyl sites for hydroxylation is 2. The maximum absolute atomic E-state index is 12.6. The van der Waals surface area contributed by atoms with E-state index in [-0.39, 0.29) is 17.9 Å². The van der Waals surface area contributed by atoms with Gasteiger partial charge in [0.15, 0.2) is 0 Å². The predicted molar refractivity (Wildman–Crippen MR) is 99.8 cm³/mol. The van der Waals surface area contributed by atoms with Crippen LogP contribution in [0.15, 0.2) is 0 Å². The van der Waals surface area contributed by atoms with Gasteiger partial charge in [0, 0.05) is 51.4 Å². The molecule has 1 aliphatic heterocycles. The van der Waals surface area contributed by atoms with Crippen molar-refractivity contribution in [1.82, 2.24) is 24.9 Å². The minimum absolute atomic E-state index is 0.117. The molecule has 1 N–H and O–H groups in total. The molecule has 1 atom stereocenters. The van der Waals surface area contributed by atoms with Crippen LogP contribution in [0.25, 0.3) is 0 Å². The summed E-state index contributed by atoms with van der Waals surface area (Å²) in [6.45, 7) is 8.93. The van der Waals surface area contributed by atoms with Crippen LogP contribution in [0.3, 0.4) is 0 Å². The van der Waals surface area contributed by atoms with E-state index in [1.165, 1.54) is 5.56 Å². The molecular formula is C19H31N5O2. The molecular weight excluding hydrogens is 330 g/mol. The molecule has 1 aromatic heterocycles. The molecule has 144 valence electrons. The average Bonchev–Trinajstić information content (AvgIpc) is 3.40. The Morgan fingerprint density at radius 1 is 1.19 bits per heavy atom. The van der Waals surface area contributed by atoms with Crippen molar-refractivity contribution in [3.63, 3.8) is 0 Å². The third kappa shape index (κ3) is 4.26. The molecule has 1 saturated heterocycles. The lowest BCUT2D eigenvalue weighted by atomic mass is 10.1. The second-order valence-corrected chi connectivity index (χ2v) is 7.65. The highest BCUT2D eigenvalue weighted by atomic mass is 16.2. The number of nitrogens with one attached hydrogen (secondary N) is 1. The Balaban J connectivity index is 1.45. The maximum Gasteiger partial charge on any atom is 0.237 e. The van der Waals surface area contributed by atoms with Crippen LogP contribution in [0.5, 0.6) is 0 Å². The Morgan fingerprint density at radius 2 is 1.85 bits per heavy atom. The highest BCUT2D eigenvalue weighted by Gasteiger charge is 2.30. The van der Waals surface area contributed by atoms with Crippen LogP contribution in [0.2, 0.25) is 0 Å². The van der Waals surface area contributed by atoms with Crippen LogP contribution < -0.4 is 5.32 Å². The summed E-state index contributed by atoms with van der Waals surface area (Å²) in [6, 6.07) is 0.278. The van der Waals surface area contributed by atoms with Gasteiger partial charge in [-0.2, -0.15) is 5.10 Å². The van der Waals surface area contributed by atoms with Gasteiger partial charge in [-0.1, -0.05) is 0 Å². The number of carbonyl (C=O) groups excluding carboxylic acids is 2. The van der Waals surface area contributed by atoms with Crippen LogP contribution in [-0.2, 0) is 23.1 Å². The summed E-state index contributed by atoms with van der Waals surface area (Å²) in [7, 11) is 1.94. The van der Waals surface area contributed by atoms with Crippen LogP contribution in [-0.4, -0.2) is 69.7 Å². The summed E-state index contributed by atoms with van der Waals surface area (Å²) in [6.07, 6.45) is 3.48. The highest BCUT2D eigenvalue weighted by molar-refractivity contribution is 5.82. The second-order valence-electron chi connectivity index (χ2n) is 7.65. The smallest absolute Gasteiger partial charge is 0.237 e. The van der Waals surface area contributed by atoms with Gasteiger partial charge in [0.05, 0.1) is 11.7 Å². The Morgan fingerprint density at radius 3 is 2.38 bits per heavy atom. The predicted octanol–water partition coefficient (Wildman–Crippen LogP) is 0.781. The number of amides is 2. The summed E-state index contributed by atoms with van der Waals surface area (Å²) in [5.74, 6) is 0.317. The van der Waals surface area contributed by atoms with Gasteiger partial charge in [-0.25, -0.2) is 0 Å². The molecule has 0 spiro atoms. The van der Waals surface area contributed by atoms with Crippen LogP contribution in [0, 0.1) is 13.8 Å². The Labute approximate surface area is 155 Å². The zero-order valence-corrected chi connectivity index (χ0v) is 16.4. The first-order chi connectivity index (χ1) is 12.4. The van der Waals surface area contributed by atoms with Crippen LogP contribution in [0.1, 0.15) is 43.1 Å². The number of hydrogen-bond acceptors (Lipinski definition) is 4. The largest absolute Gasteiger partial charge is 0.352 e. The molecule has 2 aliphatic rings. The first-order valence-corrected chi connectivity index (χ1v) is 9.68. The SMILES string of the molecule is Cc1nn(C)c(C)c1CCC(=O)N1CCN([C@@H](C)C(=O)NC2CC2)CC1. The van der Waals surface area contributed by atoms with Gasteiger partial charge in [0.25, 0.3) is 0 Å². The van der Waals surface area contributed by atoms with Gasteiger partial charge < -0.3 is 10.2 Å². The van der Waals surface area contributed by atoms with Gasteiger partial charge in [-0.05, 0) is 45.6 Å². The minimum Gasteiger partial charge on any atom is -0.352 e. The molecule has 0 aromatic carbocycles. The van der Waals surface area contributed by atoms with E-state index in [9.17, 15) is 9.59 Å². The van der Waals surface area contributed by atoms with Gasteiger partial charge in [0.1, 0.15) is 0 Å².